The highest BCUT2D eigenvalue weighted by atomic mass is 32.2. The Balaban J connectivity index is 2.19. The predicted molar refractivity (Wildman–Crippen MR) is 93.2 cm³/mol. The Bertz CT molecular complexity index is 848. The number of para-hydroxylation sites is 1. The van der Waals surface area contributed by atoms with Crippen molar-refractivity contribution in [2.75, 3.05) is 28.6 Å². The number of carbonyl (C=O) groups excluding carboxylic acids is 1. The molecule has 0 saturated carbocycles. The SMILES string of the molecule is Cc1ccccc1N(CC(=O)NC1(C)CCS(=O)(=O)C1)S(C)(=O)=O. The van der Waals surface area contributed by atoms with Crippen LogP contribution < -0.4 is 9.62 Å². The van der Waals surface area contributed by atoms with Crippen LogP contribution in [0.3, 0.4) is 0 Å². The van der Waals surface area contributed by atoms with E-state index in [1.807, 2.05) is 0 Å². The Kier molecular flexibility index (Phi) is 4.96. The van der Waals surface area contributed by atoms with E-state index in [4.69, 9.17) is 0 Å². The Morgan fingerprint density at radius 2 is 1.96 bits per heavy atom. The molecule has 134 valence electrons. The number of nitrogens with zero attached hydrogens (tertiary/aromatic N) is 1. The molecule has 1 aromatic rings. The number of sulfonamides is 1. The van der Waals surface area contributed by atoms with E-state index in [1.165, 1.54) is 0 Å². The van der Waals surface area contributed by atoms with E-state index in [-0.39, 0.29) is 18.1 Å². The number of sulfone groups is 1. The summed E-state index contributed by atoms with van der Waals surface area (Å²) >= 11 is 0. The van der Waals surface area contributed by atoms with E-state index in [0.29, 0.717) is 12.1 Å². The molecule has 1 aliphatic rings. The van der Waals surface area contributed by atoms with Crippen molar-refractivity contribution in [1.29, 1.82) is 0 Å². The average molecular weight is 374 g/mol. The molecule has 1 aliphatic heterocycles. The second-order valence-corrected chi connectivity index (χ2v) is 10.6. The molecule has 0 aliphatic carbocycles. The highest BCUT2D eigenvalue weighted by Crippen LogP contribution is 2.24. The van der Waals surface area contributed by atoms with Crippen LogP contribution in [0.2, 0.25) is 0 Å². The van der Waals surface area contributed by atoms with Gasteiger partial charge in [-0.2, -0.15) is 0 Å². The van der Waals surface area contributed by atoms with Crippen LogP contribution in [0.5, 0.6) is 0 Å². The van der Waals surface area contributed by atoms with E-state index in [1.54, 1.807) is 38.1 Å². The van der Waals surface area contributed by atoms with Crippen molar-refractivity contribution in [1.82, 2.24) is 5.32 Å². The van der Waals surface area contributed by atoms with Gasteiger partial charge in [-0.1, -0.05) is 18.2 Å². The molecule has 1 atom stereocenters. The molecule has 1 fully saturated rings. The van der Waals surface area contributed by atoms with E-state index >= 15 is 0 Å². The number of benzene rings is 1. The third-order valence-electron chi connectivity index (χ3n) is 4.02. The largest absolute Gasteiger partial charge is 0.348 e. The molecule has 0 bridgehead atoms. The van der Waals surface area contributed by atoms with Crippen molar-refractivity contribution in [2.45, 2.75) is 25.8 Å². The molecule has 1 unspecified atom stereocenters. The summed E-state index contributed by atoms with van der Waals surface area (Å²) < 4.78 is 48.4. The zero-order valence-electron chi connectivity index (χ0n) is 13.9. The number of carbonyl (C=O) groups is 1. The van der Waals surface area contributed by atoms with Gasteiger partial charge in [0.15, 0.2) is 9.84 Å². The molecular formula is C15H22N2O5S2. The van der Waals surface area contributed by atoms with Gasteiger partial charge in [-0.25, -0.2) is 16.8 Å². The minimum Gasteiger partial charge on any atom is -0.348 e. The average Bonchev–Trinajstić information content (AvgIpc) is 2.69. The summed E-state index contributed by atoms with van der Waals surface area (Å²) in [6.45, 7) is 3.03. The fourth-order valence-corrected chi connectivity index (χ4v) is 5.85. The van der Waals surface area contributed by atoms with Crippen LogP contribution >= 0.6 is 0 Å². The number of rotatable bonds is 5. The zero-order chi connectivity index (χ0) is 18.2. The van der Waals surface area contributed by atoms with E-state index < -0.39 is 31.3 Å². The quantitative estimate of drug-likeness (QED) is 0.807. The van der Waals surface area contributed by atoms with Gasteiger partial charge in [-0.15, -0.1) is 0 Å². The van der Waals surface area contributed by atoms with Crippen molar-refractivity contribution in [3.05, 3.63) is 29.8 Å². The van der Waals surface area contributed by atoms with Crippen molar-refractivity contribution < 1.29 is 21.6 Å². The van der Waals surface area contributed by atoms with Gasteiger partial charge in [-0.3, -0.25) is 9.10 Å². The molecule has 1 amide bonds. The monoisotopic (exact) mass is 374 g/mol. The summed E-state index contributed by atoms with van der Waals surface area (Å²) in [4.78, 5) is 12.3. The molecule has 0 radical (unpaired) electrons. The molecule has 9 heteroatoms. The summed E-state index contributed by atoms with van der Waals surface area (Å²) in [7, 11) is -6.82. The first kappa shape index (κ1) is 18.7. The smallest absolute Gasteiger partial charge is 0.241 e. The second kappa shape index (κ2) is 6.36. The molecule has 0 aromatic heterocycles. The molecule has 24 heavy (non-hydrogen) atoms. The van der Waals surface area contributed by atoms with Gasteiger partial charge < -0.3 is 5.32 Å². The summed E-state index contributed by atoms with van der Waals surface area (Å²) in [5, 5.41) is 2.68. The lowest BCUT2D eigenvalue weighted by atomic mass is 10.0. The van der Waals surface area contributed by atoms with Gasteiger partial charge in [0.25, 0.3) is 0 Å². The fourth-order valence-electron chi connectivity index (χ4n) is 2.84. The van der Waals surface area contributed by atoms with E-state index in [0.717, 1.165) is 16.1 Å². The van der Waals surface area contributed by atoms with Crippen LogP contribution in [0.4, 0.5) is 5.69 Å². The van der Waals surface area contributed by atoms with Gasteiger partial charge in [0.05, 0.1) is 29.0 Å². The number of hydrogen-bond donors (Lipinski definition) is 1. The molecule has 1 N–H and O–H groups in total. The minimum absolute atomic E-state index is 0.0252. The topological polar surface area (TPSA) is 101 Å². The van der Waals surface area contributed by atoms with Crippen molar-refractivity contribution in [3.8, 4) is 0 Å². The lowest BCUT2D eigenvalue weighted by molar-refractivity contribution is -0.121. The minimum atomic E-state index is -3.66. The van der Waals surface area contributed by atoms with Gasteiger partial charge in [-0.05, 0) is 31.9 Å². The molecule has 1 heterocycles. The third kappa shape index (κ3) is 4.47. The molecule has 7 nitrogen and oxygen atoms in total. The predicted octanol–water partition coefficient (Wildman–Crippen LogP) is 0.454. The number of aryl methyl sites for hydroxylation is 1. The number of amides is 1. The van der Waals surface area contributed by atoms with Crippen LogP contribution in [0.25, 0.3) is 0 Å². The summed E-state index contributed by atoms with van der Waals surface area (Å²) in [5.74, 6) is -0.630. The molecular weight excluding hydrogens is 352 g/mol. The van der Waals surface area contributed by atoms with Gasteiger partial charge in [0.1, 0.15) is 6.54 Å². The highest BCUT2D eigenvalue weighted by molar-refractivity contribution is 7.92. The summed E-state index contributed by atoms with van der Waals surface area (Å²) in [6.07, 6.45) is 1.36. The Hall–Kier alpha value is -1.61. The fraction of sp³-hybridized carbons (Fsp3) is 0.533. The van der Waals surface area contributed by atoms with Crippen LogP contribution in [0, 0.1) is 6.92 Å². The number of hydrogen-bond acceptors (Lipinski definition) is 5. The van der Waals surface area contributed by atoms with Crippen LogP contribution in [-0.4, -0.2) is 52.6 Å². The van der Waals surface area contributed by atoms with Crippen molar-refractivity contribution in [2.24, 2.45) is 0 Å². The van der Waals surface area contributed by atoms with Crippen LogP contribution in [0.1, 0.15) is 18.9 Å². The number of anilines is 1. The maximum atomic E-state index is 12.3. The van der Waals surface area contributed by atoms with Crippen LogP contribution in [0.15, 0.2) is 24.3 Å². The van der Waals surface area contributed by atoms with Crippen LogP contribution in [-0.2, 0) is 24.7 Å². The highest BCUT2D eigenvalue weighted by Gasteiger charge is 2.39. The Morgan fingerprint density at radius 1 is 1.33 bits per heavy atom. The first-order valence-corrected chi connectivity index (χ1v) is 11.1. The van der Waals surface area contributed by atoms with E-state index in [2.05, 4.69) is 5.32 Å². The number of nitrogens with one attached hydrogen (secondary N) is 1. The standard InChI is InChI=1S/C15H22N2O5S2/c1-12-6-4-5-7-13(12)17(23(3,19)20)10-14(18)16-15(2)8-9-24(21,22)11-15/h4-7H,8-11H2,1-3H3,(H,16,18). The van der Waals surface area contributed by atoms with Gasteiger partial charge in [0, 0.05) is 0 Å². The summed E-state index contributed by atoms with van der Waals surface area (Å²) in [6, 6.07) is 6.87. The van der Waals surface area contributed by atoms with Gasteiger partial charge in [0.2, 0.25) is 15.9 Å². The first-order chi connectivity index (χ1) is 10.9. The molecule has 0 spiro atoms. The van der Waals surface area contributed by atoms with Crippen molar-refractivity contribution in [3.63, 3.8) is 0 Å². The van der Waals surface area contributed by atoms with E-state index in [9.17, 15) is 21.6 Å². The maximum absolute atomic E-state index is 12.3. The van der Waals surface area contributed by atoms with Gasteiger partial charge >= 0.3 is 0 Å². The lowest BCUT2D eigenvalue weighted by Crippen LogP contribution is -2.51. The normalized spacial score (nSPS) is 23.0. The molecule has 1 aromatic carbocycles. The van der Waals surface area contributed by atoms with Crippen molar-refractivity contribution >= 4 is 31.5 Å². The third-order valence-corrected chi connectivity index (χ3v) is 7.05. The maximum Gasteiger partial charge on any atom is 0.241 e. The summed E-state index contributed by atoms with van der Waals surface area (Å²) in [5.41, 5.74) is 0.301. The Labute approximate surface area is 143 Å². The molecule has 2 rings (SSSR count). The molecule has 1 saturated heterocycles. The first-order valence-electron chi connectivity index (χ1n) is 7.47. The Morgan fingerprint density at radius 3 is 2.46 bits per heavy atom. The zero-order valence-corrected chi connectivity index (χ0v) is 15.6. The second-order valence-electron chi connectivity index (χ2n) is 6.51. The lowest BCUT2D eigenvalue weighted by Gasteiger charge is -2.28.